The molecule has 0 radical (unpaired) electrons. The van der Waals surface area contributed by atoms with Crippen molar-refractivity contribution in [1.29, 1.82) is 0 Å². The van der Waals surface area contributed by atoms with Gasteiger partial charge in [0.1, 0.15) is 5.82 Å². The summed E-state index contributed by atoms with van der Waals surface area (Å²) in [4.78, 5) is 17.5. The van der Waals surface area contributed by atoms with Crippen molar-refractivity contribution in [3.63, 3.8) is 0 Å². The number of hydrogen-bond acceptors (Lipinski definition) is 2. The number of aromatic amines is 1. The molecule has 0 bridgehead atoms. The summed E-state index contributed by atoms with van der Waals surface area (Å²) in [6.45, 7) is 1.95. The number of H-pyrrole nitrogens is 1. The van der Waals surface area contributed by atoms with Crippen molar-refractivity contribution in [2.24, 2.45) is 5.73 Å². The first-order valence-electron chi connectivity index (χ1n) is 3.79. The third kappa shape index (κ3) is 1.98. The highest BCUT2D eigenvalue weighted by atomic mass is 16.2. The van der Waals surface area contributed by atoms with Gasteiger partial charge in [0.2, 0.25) is 0 Å². The molecule has 4 N–H and O–H groups in total. The minimum atomic E-state index is -0.529. The highest BCUT2D eigenvalue weighted by molar-refractivity contribution is 5.72. The number of nitrogens with one attached hydrogen (secondary N) is 2. The van der Waals surface area contributed by atoms with Gasteiger partial charge in [0.25, 0.3) is 0 Å². The van der Waals surface area contributed by atoms with Gasteiger partial charge in [-0.3, -0.25) is 0 Å². The van der Waals surface area contributed by atoms with Crippen LogP contribution in [-0.4, -0.2) is 16.0 Å². The number of nitrogens with zero attached hydrogens (tertiary/aromatic N) is 1. The zero-order valence-corrected chi connectivity index (χ0v) is 6.87. The second-order valence-electron chi connectivity index (χ2n) is 2.44. The molecule has 0 spiro atoms. The maximum Gasteiger partial charge on any atom is 0.312 e. The Morgan fingerprint density at radius 1 is 1.92 bits per heavy atom. The van der Waals surface area contributed by atoms with Gasteiger partial charge in [0.15, 0.2) is 0 Å². The van der Waals surface area contributed by atoms with Crippen LogP contribution in [0.2, 0.25) is 0 Å². The first kappa shape index (κ1) is 8.58. The molecule has 1 aromatic heterocycles. The zero-order valence-electron chi connectivity index (χ0n) is 6.87. The highest BCUT2D eigenvalue weighted by Crippen LogP contribution is 2.09. The molecule has 66 valence electrons. The fourth-order valence-electron chi connectivity index (χ4n) is 1.00. The van der Waals surface area contributed by atoms with E-state index in [0.29, 0.717) is 0 Å². The molecule has 1 heterocycles. The molecule has 0 aliphatic heterocycles. The predicted molar refractivity (Wildman–Crippen MR) is 44.3 cm³/mol. The molecule has 0 aromatic carbocycles. The van der Waals surface area contributed by atoms with Gasteiger partial charge in [-0.15, -0.1) is 0 Å². The van der Waals surface area contributed by atoms with Crippen LogP contribution in [0.4, 0.5) is 4.79 Å². The fraction of sp³-hybridized carbons (Fsp3) is 0.429. The fourth-order valence-corrected chi connectivity index (χ4v) is 1.00. The van der Waals surface area contributed by atoms with Crippen LogP contribution in [0.1, 0.15) is 25.2 Å². The molecule has 5 heteroatoms. The molecule has 0 fully saturated rings. The molecule has 2 amide bonds. The number of carbonyl (C=O) groups is 1. The Morgan fingerprint density at radius 2 is 2.67 bits per heavy atom. The van der Waals surface area contributed by atoms with Crippen LogP contribution >= 0.6 is 0 Å². The van der Waals surface area contributed by atoms with E-state index in [1.807, 2.05) is 6.92 Å². The molecule has 1 atom stereocenters. The van der Waals surface area contributed by atoms with Gasteiger partial charge >= 0.3 is 6.03 Å². The van der Waals surface area contributed by atoms with Crippen LogP contribution < -0.4 is 11.1 Å². The van der Waals surface area contributed by atoms with Gasteiger partial charge in [-0.05, 0) is 6.42 Å². The van der Waals surface area contributed by atoms with Gasteiger partial charge in [-0.2, -0.15) is 0 Å². The standard InChI is InChI=1S/C7H12N4O/c1-2-5(11-7(8)12)6-9-3-4-10-6/h3-5H,2H2,1H3,(H,9,10)(H3,8,11,12). The third-order valence-electron chi connectivity index (χ3n) is 1.57. The van der Waals surface area contributed by atoms with Crippen LogP contribution in [0.15, 0.2) is 12.4 Å². The summed E-state index contributed by atoms with van der Waals surface area (Å²) in [5, 5.41) is 2.58. The largest absolute Gasteiger partial charge is 0.352 e. The van der Waals surface area contributed by atoms with E-state index in [-0.39, 0.29) is 6.04 Å². The Bertz CT molecular complexity index is 244. The molecular formula is C7H12N4O. The second-order valence-corrected chi connectivity index (χ2v) is 2.44. The first-order valence-corrected chi connectivity index (χ1v) is 3.79. The lowest BCUT2D eigenvalue weighted by atomic mass is 10.2. The predicted octanol–water partition coefficient (Wildman–Crippen LogP) is 0.529. The average Bonchev–Trinajstić information content (AvgIpc) is 2.51. The minimum Gasteiger partial charge on any atom is -0.352 e. The normalized spacial score (nSPS) is 12.4. The Hall–Kier alpha value is -1.52. The van der Waals surface area contributed by atoms with Gasteiger partial charge in [0, 0.05) is 12.4 Å². The summed E-state index contributed by atoms with van der Waals surface area (Å²) >= 11 is 0. The first-order chi connectivity index (χ1) is 5.74. The quantitative estimate of drug-likeness (QED) is 0.615. The number of carbonyl (C=O) groups excluding carboxylic acids is 1. The van der Waals surface area contributed by atoms with Gasteiger partial charge in [-0.1, -0.05) is 6.92 Å². The molecule has 0 aliphatic rings. The van der Waals surface area contributed by atoms with Crippen molar-refractivity contribution < 1.29 is 4.79 Å². The van der Waals surface area contributed by atoms with Gasteiger partial charge < -0.3 is 16.0 Å². The van der Waals surface area contributed by atoms with Crippen LogP contribution in [0.5, 0.6) is 0 Å². The monoisotopic (exact) mass is 168 g/mol. The average molecular weight is 168 g/mol. The number of amides is 2. The minimum absolute atomic E-state index is 0.113. The van der Waals surface area contributed by atoms with E-state index in [1.54, 1.807) is 12.4 Å². The zero-order chi connectivity index (χ0) is 8.97. The molecule has 12 heavy (non-hydrogen) atoms. The SMILES string of the molecule is CCC(NC(N)=O)c1ncc[nH]1. The van der Waals surface area contributed by atoms with E-state index in [1.165, 1.54) is 0 Å². The van der Waals surface area contributed by atoms with E-state index in [2.05, 4.69) is 15.3 Å². The Morgan fingerprint density at radius 3 is 3.08 bits per heavy atom. The van der Waals surface area contributed by atoms with E-state index in [9.17, 15) is 4.79 Å². The molecule has 5 nitrogen and oxygen atoms in total. The summed E-state index contributed by atoms with van der Waals surface area (Å²) in [6.07, 6.45) is 4.11. The molecule has 1 unspecified atom stereocenters. The number of aromatic nitrogens is 2. The maximum absolute atomic E-state index is 10.5. The van der Waals surface area contributed by atoms with Crippen molar-refractivity contribution in [3.8, 4) is 0 Å². The number of primary amides is 1. The van der Waals surface area contributed by atoms with Crippen molar-refractivity contribution in [1.82, 2.24) is 15.3 Å². The van der Waals surface area contributed by atoms with Crippen LogP contribution in [0.25, 0.3) is 0 Å². The van der Waals surface area contributed by atoms with Crippen LogP contribution in [0.3, 0.4) is 0 Å². The highest BCUT2D eigenvalue weighted by Gasteiger charge is 2.11. The summed E-state index contributed by atoms with van der Waals surface area (Å²) < 4.78 is 0. The van der Waals surface area contributed by atoms with Crippen molar-refractivity contribution >= 4 is 6.03 Å². The Labute approximate surface area is 70.4 Å². The Kier molecular flexibility index (Phi) is 2.68. The lowest BCUT2D eigenvalue weighted by Gasteiger charge is -2.11. The Balaban J connectivity index is 2.63. The summed E-state index contributed by atoms with van der Waals surface area (Å²) in [7, 11) is 0. The summed E-state index contributed by atoms with van der Waals surface area (Å²) in [5.74, 6) is 0.733. The number of nitrogens with two attached hydrogens (primary N) is 1. The summed E-state index contributed by atoms with van der Waals surface area (Å²) in [5.41, 5.74) is 4.98. The van der Waals surface area contributed by atoms with E-state index >= 15 is 0 Å². The molecule has 0 saturated heterocycles. The molecule has 0 aliphatic carbocycles. The third-order valence-corrected chi connectivity index (χ3v) is 1.57. The van der Waals surface area contributed by atoms with Crippen LogP contribution in [-0.2, 0) is 0 Å². The van der Waals surface area contributed by atoms with Crippen LogP contribution in [0, 0.1) is 0 Å². The molecule has 0 saturated carbocycles. The lowest BCUT2D eigenvalue weighted by molar-refractivity contribution is 0.244. The molecule has 1 rings (SSSR count). The molecular weight excluding hydrogens is 156 g/mol. The van der Waals surface area contributed by atoms with E-state index in [4.69, 9.17) is 5.73 Å². The van der Waals surface area contributed by atoms with Gasteiger partial charge in [0.05, 0.1) is 6.04 Å². The van der Waals surface area contributed by atoms with E-state index in [0.717, 1.165) is 12.2 Å². The summed E-state index contributed by atoms with van der Waals surface area (Å²) in [6, 6.07) is -0.643. The van der Waals surface area contributed by atoms with Crippen molar-refractivity contribution in [3.05, 3.63) is 18.2 Å². The number of rotatable bonds is 3. The van der Waals surface area contributed by atoms with Crippen molar-refractivity contribution in [2.75, 3.05) is 0 Å². The van der Waals surface area contributed by atoms with Crippen molar-refractivity contribution in [2.45, 2.75) is 19.4 Å². The maximum atomic E-state index is 10.5. The van der Waals surface area contributed by atoms with Gasteiger partial charge in [-0.25, -0.2) is 9.78 Å². The smallest absolute Gasteiger partial charge is 0.312 e. The van der Waals surface area contributed by atoms with E-state index < -0.39 is 6.03 Å². The second kappa shape index (κ2) is 3.75. The topological polar surface area (TPSA) is 83.8 Å². The molecule has 1 aromatic rings. The number of hydrogen-bond donors (Lipinski definition) is 3. The number of urea groups is 1. The number of imidazole rings is 1. The lowest BCUT2D eigenvalue weighted by Crippen LogP contribution is -2.33.